The van der Waals surface area contributed by atoms with Crippen molar-refractivity contribution in [3.63, 3.8) is 0 Å². The van der Waals surface area contributed by atoms with Crippen LogP contribution in [0, 0.1) is 0 Å². The normalized spacial score (nSPS) is 19.8. The molecule has 142 valence electrons. The molecule has 1 atom stereocenters. The molecule has 1 saturated heterocycles. The Hall–Kier alpha value is -1.50. The molecular formula is C20H30N4OS. The Morgan fingerprint density at radius 2 is 1.81 bits per heavy atom. The summed E-state index contributed by atoms with van der Waals surface area (Å²) in [5.41, 5.74) is 2.55. The molecule has 4 rings (SSSR count). The molecule has 0 bridgehead atoms. The lowest BCUT2D eigenvalue weighted by molar-refractivity contribution is -0.139. The Morgan fingerprint density at radius 1 is 1.08 bits per heavy atom. The first-order valence-corrected chi connectivity index (χ1v) is 9.46. The number of hydrogen-bond acceptors (Lipinski definition) is 3. The number of hydrogen-bond donors (Lipinski definition) is 0. The molecular weight excluding hydrogens is 344 g/mol. The van der Waals surface area contributed by atoms with E-state index in [0.29, 0.717) is 5.91 Å². The molecule has 1 fully saturated rings. The fraction of sp³-hybridized carbons (Fsp3) is 0.550. The number of fused-ring (bicyclic) bond motifs is 3. The largest absolute Gasteiger partial charge is 0.341 e. The Labute approximate surface area is 163 Å². The van der Waals surface area contributed by atoms with Crippen molar-refractivity contribution in [2.75, 3.05) is 39.8 Å². The van der Waals surface area contributed by atoms with Gasteiger partial charge < -0.3 is 14.4 Å². The van der Waals surface area contributed by atoms with Gasteiger partial charge >= 0.3 is 0 Å². The molecule has 0 radical (unpaired) electrons. The van der Waals surface area contributed by atoms with Gasteiger partial charge in [0.25, 0.3) is 0 Å². The van der Waals surface area contributed by atoms with Crippen molar-refractivity contribution in [3.8, 4) is 0 Å². The number of para-hydroxylation sites is 1. The van der Waals surface area contributed by atoms with Gasteiger partial charge in [0.15, 0.2) is 0 Å². The molecule has 0 N–H and O–H groups in total. The lowest BCUT2D eigenvalue weighted by Crippen LogP contribution is -2.55. The summed E-state index contributed by atoms with van der Waals surface area (Å²) in [6.45, 7) is 8.68. The van der Waals surface area contributed by atoms with Crippen LogP contribution in [0.25, 0.3) is 10.9 Å². The highest BCUT2D eigenvalue weighted by Gasteiger charge is 2.32. The van der Waals surface area contributed by atoms with Crippen molar-refractivity contribution in [2.45, 2.75) is 32.5 Å². The van der Waals surface area contributed by atoms with Gasteiger partial charge in [0.2, 0.25) is 5.91 Å². The molecule has 0 saturated carbocycles. The molecule has 2 aliphatic rings. The molecule has 2 aliphatic heterocycles. The minimum Gasteiger partial charge on any atom is -0.341 e. The van der Waals surface area contributed by atoms with Crippen molar-refractivity contribution in [1.29, 1.82) is 0 Å². The van der Waals surface area contributed by atoms with Gasteiger partial charge in [0, 0.05) is 50.5 Å². The van der Waals surface area contributed by atoms with E-state index in [9.17, 15) is 4.79 Å². The number of carbonyl (C=O) groups excluding carboxylic acids is 1. The summed E-state index contributed by atoms with van der Waals surface area (Å²) in [4.78, 5) is 20.0. The third kappa shape index (κ3) is 3.50. The van der Waals surface area contributed by atoms with Gasteiger partial charge in [0.1, 0.15) is 0 Å². The molecule has 3 heterocycles. The third-order valence-electron chi connectivity index (χ3n) is 5.80. The molecule has 2 aromatic rings. The smallest absolute Gasteiger partial charge is 0.240 e. The molecule has 1 aromatic heterocycles. The van der Waals surface area contributed by atoms with E-state index < -0.39 is 0 Å². The Kier molecular flexibility index (Phi) is 5.95. The van der Waals surface area contributed by atoms with Crippen LogP contribution in [0.2, 0.25) is 0 Å². The van der Waals surface area contributed by atoms with E-state index in [4.69, 9.17) is 0 Å². The SMILES string of the molecule is CC[C@@H](C(=O)N1CCn2c(cc3ccccc32)C1)N1CCN(C)CC1.S. The zero-order chi connectivity index (χ0) is 17.4. The molecule has 26 heavy (non-hydrogen) atoms. The quantitative estimate of drug-likeness (QED) is 0.825. The summed E-state index contributed by atoms with van der Waals surface area (Å²) < 4.78 is 2.37. The fourth-order valence-corrected chi connectivity index (χ4v) is 4.28. The monoisotopic (exact) mass is 374 g/mol. The van der Waals surface area contributed by atoms with Crippen LogP contribution in [0.4, 0.5) is 0 Å². The number of nitrogens with zero attached hydrogens (tertiary/aromatic N) is 4. The molecule has 1 aromatic carbocycles. The summed E-state index contributed by atoms with van der Waals surface area (Å²) in [5, 5.41) is 1.28. The lowest BCUT2D eigenvalue weighted by atomic mass is 10.1. The van der Waals surface area contributed by atoms with E-state index >= 15 is 0 Å². The van der Waals surface area contributed by atoms with Gasteiger partial charge in [-0.05, 0) is 31.0 Å². The summed E-state index contributed by atoms with van der Waals surface area (Å²) >= 11 is 0. The van der Waals surface area contributed by atoms with E-state index in [-0.39, 0.29) is 19.5 Å². The van der Waals surface area contributed by atoms with Crippen LogP contribution in [0.1, 0.15) is 19.0 Å². The predicted octanol–water partition coefficient (Wildman–Crippen LogP) is 2.12. The zero-order valence-electron chi connectivity index (χ0n) is 15.8. The van der Waals surface area contributed by atoms with Gasteiger partial charge in [-0.25, -0.2) is 0 Å². The van der Waals surface area contributed by atoms with Crippen molar-refractivity contribution in [3.05, 3.63) is 36.0 Å². The fourth-order valence-electron chi connectivity index (χ4n) is 4.28. The van der Waals surface area contributed by atoms with Crippen LogP contribution in [0.5, 0.6) is 0 Å². The second-order valence-corrected chi connectivity index (χ2v) is 7.37. The first kappa shape index (κ1) is 19.3. The Morgan fingerprint density at radius 3 is 2.54 bits per heavy atom. The number of rotatable bonds is 3. The summed E-state index contributed by atoms with van der Waals surface area (Å²) in [6, 6.07) is 10.8. The first-order chi connectivity index (χ1) is 12.2. The first-order valence-electron chi connectivity index (χ1n) is 9.46. The predicted molar refractivity (Wildman–Crippen MR) is 111 cm³/mol. The molecule has 0 aliphatic carbocycles. The number of carbonyl (C=O) groups is 1. The maximum Gasteiger partial charge on any atom is 0.240 e. The highest BCUT2D eigenvalue weighted by Crippen LogP contribution is 2.25. The average Bonchev–Trinajstić information content (AvgIpc) is 3.01. The average molecular weight is 375 g/mol. The molecule has 5 nitrogen and oxygen atoms in total. The number of benzene rings is 1. The van der Waals surface area contributed by atoms with Gasteiger partial charge in [-0.15, -0.1) is 0 Å². The van der Waals surface area contributed by atoms with Crippen molar-refractivity contribution in [1.82, 2.24) is 19.3 Å². The molecule has 6 heteroatoms. The van der Waals surface area contributed by atoms with Crippen LogP contribution in [-0.2, 0) is 17.9 Å². The Bertz CT molecular complexity index is 766. The minimum atomic E-state index is 0. The highest BCUT2D eigenvalue weighted by atomic mass is 32.1. The standard InChI is InChI=1S/C20H28N4O.H2S/c1-3-18(22-10-8-21(2)9-11-22)20(25)23-12-13-24-17(15-23)14-16-6-4-5-7-19(16)24;/h4-7,14,18H,3,8-13,15H2,1-2H3;1H2/t18-;/m0./s1. The maximum atomic E-state index is 13.2. The van der Waals surface area contributed by atoms with Crippen molar-refractivity contribution in [2.24, 2.45) is 0 Å². The maximum absolute atomic E-state index is 13.2. The summed E-state index contributed by atoms with van der Waals surface area (Å²) in [7, 11) is 2.16. The van der Waals surface area contributed by atoms with E-state index in [2.05, 4.69) is 63.6 Å². The number of piperazine rings is 1. The van der Waals surface area contributed by atoms with Gasteiger partial charge in [0.05, 0.1) is 12.6 Å². The van der Waals surface area contributed by atoms with E-state index in [1.165, 1.54) is 16.6 Å². The van der Waals surface area contributed by atoms with Gasteiger partial charge in [-0.3, -0.25) is 9.69 Å². The minimum absolute atomic E-state index is 0. The van der Waals surface area contributed by atoms with Crippen LogP contribution < -0.4 is 0 Å². The van der Waals surface area contributed by atoms with E-state index in [0.717, 1.165) is 52.2 Å². The lowest BCUT2D eigenvalue weighted by Gasteiger charge is -2.40. The summed E-state index contributed by atoms with van der Waals surface area (Å²) in [6.07, 6.45) is 0.891. The Balaban J connectivity index is 0.00000196. The van der Waals surface area contributed by atoms with Crippen LogP contribution >= 0.6 is 13.5 Å². The molecule has 0 unspecified atom stereocenters. The highest BCUT2D eigenvalue weighted by molar-refractivity contribution is 7.59. The third-order valence-corrected chi connectivity index (χ3v) is 5.80. The molecule has 0 spiro atoms. The van der Waals surface area contributed by atoms with Gasteiger partial charge in [-0.1, -0.05) is 25.1 Å². The van der Waals surface area contributed by atoms with E-state index in [1.54, 1.807) is 0 Å². The zero-order valence-corrected chi connectivity index (χ0v) is 16.8. The van der Waals surface area contributed by atoms with Gasteiger partial charge in [-0.2, -0.15) is 13.5 Å². The van der Waals surface area contributed by atoms with Crippen LogP contribution in [0.15, 0.2) is 30.3 Å². The van der Waals surface area contributed by atoms with E-state index in [1.807, 2.05) is 0 Å². The second kappa shape index (κ2) is 8.03. The molecule has 1 amide bonds. The van der Waals surface area contributed by atoms with Crippen molar-refractivity contribution < 1.29 is 4.79 Å². The second-order valence-electron chi connectivity index (χ2n) is 7.37. The number of aromatic nitrogens is 1. The number of amides is 1. The van der Waals surface area contributed by atoms with Crippen LogP contribution in [0.3, 0.4) is 0 Å². The number of likely N-dealkylation sites (N-methyl/N-ethyl adjacent to an activating group) is 1. The van der Waals surface area contributed by atoms with Crippen molar-refractivity contribution >= 4 is 30.3 Å². The topological polar surface area (TPSA) is 31.7 Å². The summed E-state index contributed by atoms with van der Waals surface area (Å²) in [5.74, 6) is 0.309. The van der Waals surface area contributed by atoms with Crippen LogP contribution in [-0.4, -0.2) is 71.0 Å².